The predicted octanol–water partition coefficient (Wildman–Crippen LogP) is -1.49. The molecule has 0 aromatic heterocycles. The highest BCUT2D eigenvalue weighted by molar-refractivity contribution is 7.91. The van der Waals surface area contributed by atoms with Crippen LogP contribution in [0, 0.1) is 0 Å². The third-order valence-electron chi connectivity index (χ3n) is 1.94. The highest BCUT2D eigenvalue weighted by Gasteiger charge is 2.15. The van der Waals surface area contributed by atoms with Crippen molar-refractivity contribution < 1.29 is 17.9 Å². The van der Waals surface area contributed by atoms with E-state index in [1.165, 1.54) is 7.11 Å². The molecule has 1 unspecified atom stereocenters. The summed E-state index contributed by atoms with van der Waals surface area (Å²) in [6.07, 6.45) is -0.714. The van der Waals surface area contributed by atoms with Gasteiger partial charge in [0.2, 0.25) is 5.91 Å². The van der Waals surface area contributed by atoms with E-state index in [0.717, 1.165) is 0 Å². The minimum absolute atomic E-state index is 0.0593. The van der Waals surface area contributed by atoms with Crippen LogP contribution in [0.25, 0.3) is 0 Å². The average Bonchev–Trinajstić information content (AvgIpc) is 2.19. The molecule has 0 aliphatic heterocycles. The van der Waals surface area contributed by atoms with Gasteiger partial charge in [-0.2, -0.15) is 0 Å². The number of nitrogens with one attached hydrogen (secondary N) is 1. The van der Waals surface area contributed by atoms with Gasteiger partial charge in [0.15, 0.2) is 9.84 Å². The molecule has 0 aromatic rings. The SMILES string of the molecule is CCS(=O)(=O)CCNC(=O)C(CN)OC. The van der Waals surface area contributed by atoms with Crippen LogP contribution in [0.2, 0.25) is 0 Å². The zero-order chi connectivity index (χ0) is 11.9. The summed E-state index contributed by atoms with van der Waals surface area (Å²) in [5.41, 5.74) is 5.26. The molecule has 0 saturated carbocycles. The second-order valence-electron chi connectivity index (χ2n) is 2.99. The molecular weight excluding hydrogens is 220 g/mol. The minimum atomic E-state index is -3.04. The second kappa shape index (κ2) is 6.76. The van der Waals surface area contributed by atoms with Crippen molar-refractivity contribution in [3.63, 3.8) is 0 Å². The number of carbonyl (C=O) groups excluding carboxylic acids is 1. The normalized spacial score (nSPS) is 13.5. The summed E-state index contributed by atoms with van der Waals surface area (Å²) < 4.78 is 26.9. The van der Waals surface area contributed by atoms with Crippen molar-refractivity contribution in [1.82, 2.24) is 5.32 Å². The Balaban J connectivity index is 3.92. The van der Waals surface area contributed by atoms with Crippen molar-refractivity contribution in [3.05, 3.63) is 0 Å². The lowest BCUT2D eigenvalue weighted by Gasteiger charge is -2.12. The van der Waals surface area contributed by atoms with Gasteiger partial charge in [0.25, 0.3) is 0 Å². The van der Waals surface area contributed by atoms with Crippen LogP contribution >= 0.6 is 0 Å². The van der Waals surface area contributed by atoms with E-state index in [9.17, 15) is 13.2 Å². The smallest absolute Gasteiger partial charge is 0.250 e. The summed E-state index contributed by atoms with van der Waals surface area (Å²) in [4.78, 5) is 11.3. The first-order chi connectivity index (χ1) is 6.96. The third-order valence-corrected chi connectivity index (χ3v) is 3.65. The van der Waals surface area contributed by atoms with Gasteiger partial charge in [0.05, 0.1) is 5.75 Å². The number of hydrogen-bond acceptors (Lipinski definition) is 5. The monoisotopic (exact) mass is 238 g/mol. The van der Waals surface area contributed by atoms with Crippen molar-refractivity contribution in [2.24, 2.45) is 5.73 Å². The standard InChI is InChI=1S/C8H18N2O4S/c1-3-15(12,13)5-4-10-8(11)7(6-9)14-2/h7H,3-6,9H2,1-2H3,(H,10,11). The Morgan fingerprint density at radius 3 is 2.53 bits per heavy atom. The Morgan fingerprint density at radius 1 is 1.53 bits per heavy atom. The maximum absolute atomic E-state index is 11.3. The van der Waals surface area contributed by atoms with E-state index in [-0.39, 0.29) is 30.5 Å². The Hall–Kier alpha value is -0.660. The fourth-order valence-electron chi connectivity index (χ4n) is 0.898. The minimum Gasteiger partial charge on any atom is -0.370 e. The Labute approximate surface area is 90.1 Å². The zero-order valence-corrected chi connectivity index (χ0v) is 9.84. The van der Waals surface area contributed by atoms with Crippen LogP contribution in [0.3, 0.4) is 0 Å². The van der Waals surface area contributed by atoms with E-state index in [4.69, 9.17) is 10.5 Å². The molecule has 1 amide bonds. The average molecular weight is 238 g/mol. The van der Waals surface area contributed by atoms with Crippen LogP contribution in [0.1, 0.15) is 6.92 Å². The Bertz CT molecular complexity index is 285. The molecule has 0 aromatic carbocycles. The van der Waals surface area contributed by atoms with Gasteiger partial charge in [0, 0.05) is 26.0 Å². The van der Waals surface area contributed by atoms with E-state index in [1.807, 2.05) is 0 Å². The van der Waals surface area contributed by atoms with E-state index >= 15 is 0 Å². The molecule has 0 heterocycles. The van der Waals surface area contributed by atoms with Gasteiger partial charge in [0.1, 0.15) is 6.10 Å². The van der Waals surface area contributed by atoms with Crippen molar-refractivity contribution in [2.75, 3.05) is 31.7 Å². The lowest BCUT2D eigenvalue weighted by atomic mass is 10.3. The summed E-state index contributed by atoms with van der Waals surface area (Å²) in [5, 5.41) is 2.45. The number of nitrogens with two attached hydrogens (primary N) is 1. The van der Waals surface area contributed by atoms with Gasteiger partial charge >= 0.3 is 0 Å². The fourth-order valence-corrected chi connectivity index (χ4v) is 1.60. The Kier molecular flexibility index (Phi) is 6.46. The lowest BCUT2D eigenvalue weighted by Crippen LogP contribution is -2.42. The molecule has 0 radical (unpaired) electrons. The van der Waals surface area contributed by atoms with Gasteiger partial charge in [-0.25, -0.2) is 8.42 Å². The quantitative estimate of drug-likeness (QED) is 0.563. The molecule has 0 saturated heterocycles. The number of carbonyl (C=O) groups is 1. The van der Waals surface area contributed by atoms with E-state index in [0.29, 0.717) is 0 Å². The van der Waals surface area contributed by atoms with E-state index in [2.05, 4.69) is 5.32 Å². The topological polar surface area (TPSA) is 98.5 Å². The van der Waals surface area contributed by atoms with Gasteiger partial charge in [-0.15, -0.1) is 0 Å². The van der Waals surface area contributed by atoms with Gasteiger partial charge in [-0.05, 0) is 0 Å². The first-order valence-corrected chi connectivity index (χ1v) is 6.50. The number of sulfone groups is 1. The number of ether oxygens (including phenoxy) is 1. The second-order valence-corrected chi connectivity index (χ2v) is 5.46. The first kappa shape index (κ1) is 14.3. The summed E-state index contributed by atoms with van der Waals surface area (Å²) in [7, 11) is -1.67. The molecule has 0 aliphatic rings. The van der Waals surface area contributed by atoms with E-state index < -0.39 is 15.9 Å². The van der Waals surface area contributed by atoms with Crippen molar-refractivity contribution in [2.45, 2.75) is 13.0 Å². The summed E-state index contributed by atoms with van der Waals surface area (Å²) >= 11 is 0. The molecular formula is C8H18N2O4S. The highest BCUT2D eigenvalue weighted by Crippen LogP contribution is 1.89. The molecule has 15 heavy (non-hydrogen) atoms. The van der Waals surface area contributed by atoms with E-state index in [1.54, 1.807) is 6.92 Å². The molecule has 3 N–H and O–H groups in total. The van der Waals surface area contributed by atoms with Crippen LogP contribution in [0.5, 0.6) is 0 Å². The van der Waals surface area contributed by atoms with Gasteiger partial charge < -0.3 is 15.8 Å². The molecule has 90 valence electrons. The molecule has 0 bridgehead atoms. The van der Waals surface area contributed by atoms with Crippen molar-refractivity contribution in [3.8, 4) is 0 Å². The van der Waals surface area contributed by atoms with Crippen LogP contribution in [-0.4, -0.2) is 52.1 Å². The molecule has 1 atom stereocenters. The highest BCUT2D eigenvalue weighted by atomic mass is 32.2. The Morgan fingerprint density at radius 2 is 2.13 bits per heavy atom. The summed E-state index contributed by atoms with van der Waals surface area (Å²) in [6.45, 7) is 1.73. The van der Waals surface area contributed by atoms with Crippen molar-refractivity contribution >= 4 is 15.7 Å². The van der Waals surface area contributed by atoms with Crippen LogP contribution in [0.15, 0.2) is 0 Å². The fraction of sp³-hybridized carbons (Fsp3) is 0.875. The molecule has 7 heteroatoms. The molecule has 6 nitrogen and oxygen atoms in total. The number of rotatable bonds is 7. The predicted molar refractivity (Wildman–Crippen MR) is 57.2 cm³/mol. The zero-order valence-electron chi connectivity index (χ0n) is 9.02. The molecule has 0 fully saturated rings. The molecule has 0 spiro atoms. The number of amides is 1. The molecule has 0 aliphatic carbocycles. The van der Waals surface area contributed by atoms with Crippen LogP contribution in [-0.2, 0) is 19.4 Å². The number of methoxy groups -OCH3 is 1. The lowest BCUT2D eigenvalue weighted by molar-refractivity contribution is -0.130. The van der Waals surface area contributed by atoms with Crippen LogP contribution < -0.4 is 11.1 Å². The first-order valence-electron chi connectivity index (χ1n) is 4.67. The summed E-state index contributed by atoms with van der Waals surface area (Å²) in [6, 6.07) is 0. The maximum Gasteiger partial charge on any atom is 0.250 e. The van der Waals surface area contributed by atoms with Gasteiger partial charge in [-0.3, -0.25) is 4.79 Å². The third kappa shape index (κ3) is 5.71. The number of hydrogen-bond donors (Lipinski definition) is 2. The van der Waals surface area contributed by atoms with Crippen molar-refractivity contribution in [1.29, 1.82) is 0 Å². The maximum atomic E-state index is 11.3. The summed E-state index contributed by atoms with van der Waals surface area (Å²) in [5.74, 6) is -0.365. The van der Waals surface area contributed by atoms with Crippen LogP contribution in [0.4, 0.5) is 0 Å². The largest absolute Gasteiger partial charge is 0.370 e. The molecule has 0 rings (SSSR count). The van der Waals surface area contributed by atoms with Gasteiger partial charge in [-0.1, -0.05) is 6.92 Å².